The molecule has 2 rings (SSSR count). The molecule has 4 heteroatoms. The van der Waals surface area contributed by atoms with Crippen molar-refractivity contribution in [2.45, 2.75) is 18.9 Å². The molecule has 1 atom stereocenters. The topological polar surface area (TPSA) is 74.7 Å². The number of nitriles is 1. The molecule has 1 aromatic rings. The van der Waals surface area contributed by atoms with Gasteiger partial charge in [-0.25, -0.2) is 4.98 Å². The van der Waals surface area contributed by atoms with E-state index in [9.17, 15) is 0 Å². The van der Waals surface area contributed by atoms with E-state index in [2.05, 4.69) is 16.4 Å². The van der Waals surface area contributed by atoms with Gasteiger partial charge in [0.1, 0.15) is 11.9 Å². The maximum atomic E-state index is 8.74. The summed E-state index contributed by atoms with van der Waals surface area (Å²) in [6.45, 7) is 1.01. The van der Waals surface area contributed by atoms with Gasteiger partial charge in [-0.1, -0.05) is 0 Å². The number of nitrogens with zero attached hydrogens (tertiary/aromatic N) is 2. The molecule has 72 valence electrons. The van der Waals surface area contributed by atoms with Gasteiger partial charge in [-0.05, 0) is 25.5 Å². The fourth-order valence-electron chi connectivity index (χ4n) is 1.78. The molecule has 1 aromatic heterocycles. The maximum absolute atomic E-state index is 8.74. The highest BCUT2D eigenvalue weighted by atomic mass is 15.0. The number of nitrogens with one attached hydrogen (secondary N) is 1. The number of nitrogens with two attached hydrogens (primary N) is 1. The summed E-state index contributed by atoms with van der Waals surface area (Å²) < 4.78 is 0. The fraction of sp³-hybridized carbons (Fsp3) is 0.400. The molecular weight excluding hydrogens is 176 g/mol. The zero-order valence-electron chi connectivity index (χ0n) is 7.83. The van der Waals surface area contributed by atoms with E-state index in [1.165, 1.54) is 6.20 Å². The van der Waals surface area contributed by atoms with Crippen molar-refractivity contribution in [3.05, 3.63) is 23.4 Å². The lowest BCUT2D eigenvalue weighted by atomic mass is 10.0. The van der Waals surface area contributed by atoms with Gasteiger partial charge in [0, 0.05) is 17.8 Å². The van der Waals surface area contributed by atoms with Crippen molar-refractivity contribution in [1.29, 1.82) is 5.26 Å². The van der Waals surface area contributed by atoms with E-state index in [1.54, 1.807) is 0 Å². The molecule has 0 aliphatic carbocycles. The molecule has 3 N–H and O–H groups in total. The van der Waals surface area contributed by atoms with E-state index in [-0.39, 0.29) is 6.04 Å². The number of pyridine rings is 1. The standard InChI is InChI=1S/C10H12N4/c11-5-7-4-8(10(12)14-6-7)9-2-1-3-13-9/h4,6,9,13H,1-3H2,(H2,12,14)/t9-/m0/s1. The minimum absolute atomic E-state index is 0.274. The van der Waals surface area contributed by atoms with Crippen LogP contribution in [0.15, 0.2) is 12.3 Å². The zero-order valence-corrected chi connectivity index (χ0v) is 7.83. The Kier molecular flexibility index (Phi) is 2.33. The summed E-state index contributed by atoms with van der Waals surface area (Å²) in [4.78, 5) is 4.01. The molecule has 0 unspecified atom stereocenters. The van der Waals surface area contributed by atoms with Crippen LogP contribution in [0.1, 0.15) is 30.0 Å². The van der Waals surface area contributed by atoms with Crippen molar-refractivity contribution < 1.29 is 0 Å². The van der Waals surface area contributed by atoms with Crippen LogP contribution in [0.25, 0.3) is 0 Å². The van der Waals surface area contributed by atoms with Gasteiger partial charge in [-0.3, -0.25) is 0 Å². The average molecular weight is 188 g/mol. The van der Waals surface area contributed by atoms with Crippen molar-refractivity contribution in [2.75, 3.05) is 12.3 Å². The van der Waals surface area contributed by atoms with Gasteiger partial charge in [0.2, 0.25) is 0 Å². The smallest absolute Gasteiger partial charge is 0.128 e. The molecule has 2 heterocycles. The molecule has 0 aromatic carbocycles. The van der Waals surface area contributed by atoms with Crippen molar-refractivity contribution in [2.24, 2.45) is 0 Å². The first kappa shape index (κ1) is 8.97. The van der Waals surface area contributed by atoms with Crippen molar-refractivity contribution >= 4 is 5.82 Å². The molecule has 1 saturated heterocycles. The molecule has 14 heavy (non-hydrogen) atoms. The number of nitrogen functional groups attached to an aromatic ring is 1. The number of rotatable bonds is 1. The Balaban J connectivity index is 2.35. The monoisotopic (exact) mass is 188 g/mol. The second kappa shape index (κ2) is 3.64. The highest BCUT2D eigenvalue weighted by Gasteiger charge is 2.19. The number of hydrogen-bond acceptors (Lipinski definition) is 4. The summed E-state index contributed by atoms with van der Waals surface area (Å²) in [5.74, 6) is 0.531. The second-order valence-corrected chi connectivity index (χ2v) is 3.46. The van der Waals surface area contributed by atoms with E-state index < -0.39 is 0 Å². The zero-order chi connectivity index (χ0) is 9.97. The lowest BCUT2D eigenvalue weighted by molar-refractivity contribution is 0.647. The van der Waals surface area contributed by atoms with E-state index in [0.717, 1.165) is 24.9 Å². The molecule has 0 bridgehead atoms. The van der Waals surface area contributed by atoms with Crippen LogP contribution in [0, 0.1) is 11.3 Å². The minimum Gasteiger partial charge on any atom is -0.383 e. The Bertz CT molecular complexity index is 374. The fourth-order valence-corrected chi connectivity index (χ4v) is 1.78. The van der Waals surface area contributed by atoms with E-state index in [1.807, 2.05) is 6.07 Å². The summed E-state index contributed by atoms with van der Waals surface area (Å²) in [5, 5.41) is 12.1. The van der Waals surface area contributed by atoms with Gasteiger partial charge in [0.15, 0.2) is 0 Å². The van der Waals surface area contributed by atoms with Crippen LogP contribution in [-0.4, -0.2) is 11.5 Å². The van der Waals surface area contributed by atoms with Crippen LogP contribution in [-0.2, 0) is 0 Å². The quantitative estimate of drug-likeness (QED) is 0.688. The van der Waals surface area contributed by atoms with Crippen LogP contribution in [0.3, 0.4) is 0 Å². The SMILES string of the molecule is N#Cc1cnc(N)c([C@@H]2CCCN2)c1. The first-order chi connectivity index (χ1) is 6.81. The lowest BCUT2D eigenvalue weighted by Gasteiger charge is -2.12. The van der Waals surface area contributed by atoms with Crippen LogP contribution >= 0.6 is 0 Å². The summed E-state index contributed by atoms with van der Waals surface area (Å²) in [6, 6.07) is 4.17. The van der Waals surface area contributed by atoms with E-state index >= 15 is 0 Å². The number of aromatic nitrogens is 1. The summed E-state index contributed by atoms with van der Waals surface area (Å²) in [5.41, 5.74) is 7.30. The highest BCUT2D eigenvalue weighted by molar-refractivity contribution is 5.46. The third-order valence-electron chi connectivity index (χ3n) is 2.51. The Morgan fingerprint density at radius 3 is 3.14 bits per heavy atom. The first-order valence-corrected chi connectivity index (χ1v) is 4.70. The second-order valence-electron chi connectivity index (χ2n) is 3.46. The predicted molar refractivity (Wildman–Crippen MR) is 53.3 cm³/mol. The highest BCUT2D eigenvalue weighted by Crippen LogP contribution is 2.26. The van der Waals surface area contributed by atoms with Crippen molar-refractivity contribution in [3.63, 3.8) is 0 Å². The van der Waals surface area contributed by atoms with Crippen LogP contribution in [0.4, 0.5) is 5.82 Å². The third kappa shape index (κ3) is 1.54. The van der Waals surface area contributed by atoms with Gasteiger partial charge >= 0.3 is 0 Å². The summed E-state index contributed by atoms with van der Waals surface area (Å²) in [7, 11) is 0. The van der Waals surface area contributed by atoms with Crippen LogP contribution in [0.5, 0.6) is 0 Å². The Labute approximate surface area is 82.8 Å². The van der Waals surface area contributed by atoms with Crippen molar-refractivity contribution in [3.8, 4) is 6.07 Å². The molecule has 1 aliphatic heterocycles. The molecular formula is C10H12N4. The maximum Gasteiger partial charge on any atom is 0.128 e. The Hall–Kier alpha value is -1.60. The normalized spacial score (nSPS) is 20.6. The molecule has 1 aliphatic rings. The Morgan fingerprint density at radius 2 is 2.50 bits per heavy atom. The van der Waals surface area contributed by atoms with Gasteiger partial charge in [-0.2, -0.15) is 5.26 Å². The van der Waals surface area contributed by atoms with E-state index in [4.69, 9.17) is 11.0 Å². The number of hydrogen-bond donors (Lipinski definition) is 2. The largest absolute Gasteiger partial charge is 0.383 e. The first-order valence-electron chi connectivity index (χ1n) is 4.70. The van der Waals surface area contributed by atoms with Gasteiger partial charge in [0.05, 0.1) is 5.56 Å². The van der Waals surface area contributed by atoms with E-state index in [0.29, 0.717) is 11.4 Å². The van der Waals surface area contributed by atoms with Gasteiger partial charge in [-0.15, -0.1) is 0 Å². The molecule has 4 nitrogen and oxygen atoms in total. The molecule has 0 saturated carbocycles. The van der Waals surface area contributed by atoms with Gasteiger partial charge in [0.25, 0.3) is 0 Å². The predicted octanol–water partition coefficient (Wildman–Crippen LogP) is 0.960. The van der Waals surface area contributed by atoms with Crippen LogP contribution < -0.4 is 11.1 Å². The average Bonchev–Trinajstić information content (AvgIpc) is 2.71. The summed E-state index contributed by atoms with van der Waals surface area (Å²) in [6.07, 6.45) is 3.73. The molecule has 0 amide bonds. The lowest BCUT2D eigenvalue weighted by Crippen LogP contribution is -2.15. The molecule has 0 radical (unpaired) electrons. The molecule has 0 spiro atoms. The molecule has 1 fully saturated rings. The van der Waals surface area contributed by atoms with Gasteiger partial charge < -0.3 is 11.1 Å². The number of anilines is 1. The summed E-state index contributed by atoms with van der Waals surface area (Å²) >= 11 is 0. The minimum atomic E-state index is 0.274. The Morgan fingerprint density at radius 1 is 1.64 bits per heavy atom. The third-order valence-corrected chi connectivity index (χ3v) is 2.51. The van der Waals surface area contributed by atoms with Crippen LogP contribution in [0.2, 0.25) is 0 Å². The van der Waals surface area contributed by atoms with Crippen molar-refractivity contribution in [1.82, 2.24) is 10.3 Å².